The van der Waals surface area contributed by atoms with E-state index in [1.54, 1.807) is 0 Å². The van der Waals surface area contributed by atoms with Crippen LogP contribution in [-0.4, -0.2) is 33.8 Å². The Kier molecular flexibility index (Phi) is 3.96. The van der Waals surface area contributed by atoms with Gasteiger partial charge in [-0.3, -0.25) is 9.58 Å². The maximum absolute atomic E-state index is 5.77. The molecule has 1 unspecified atom stereocenters. The molecule has 0 bridgehead atoms. The van der Waals surface area contributed by atoms with Gasteiger partial charge < -0.3 is 5.73 Å². The van der Waals surface area contributed by atoms with Crippen LogP contribution in [0.4, 0.5) is 0 Å². The molecule has 2 rings (SSSR count). The van der Waals surface area contributed by atoms with Crippen molar-refractivity contribution in [2.45, 2.75) is 45.3 Å². The zero-order valence-electron chi connectivity index (χ0n) is 10.1. The molecule has 1 saturated heterocycles. The zero-order valence-corrected chi connectivity index (χ0v) is 10.1. The van der Waals surface area contributed by atoms with Gasteiger partial charge in [-0.15, -0.1) is 0 Å². The van der Waals surface area contributed by atoms with Crippen molar-refractivity contribution in [1.82, 2.24) is 14.7 Å². The van der Waals surface area contributed by atoms with E-state index in [0.29, 0.717) is 6.04 Å². The molecule has 0 aromatic carbocycles. The fraction of sp³-hybridized carbons (Fsp3) is 0.750. The highest BCUT2D eigenvalue weighted by molar-refractivity contribution is 5.04. The minimum Gasteiger partial charge on any atom is -0.329 e. The molecule has 0 saturated carbocycles. The molecule has 1 fully saturated rings. The molecule has 1 atom stereocenters. The summed E-state index contributed by atoms with van der Waals surface area (Å²) >= 11 is 0. The Morgan fingerprint density at radius 1 is 1.56 bits per heavy atom. The Balaban J connectivity index is 1.92. The minimum absolute atomic E-state index is 0.578. The van der Waals surface area contributed by atoms with Gasteiger partial charge in [-0.25, -0.2) is 0 Å². The van der Waals surface area contributed by atoms with E-state index in [1.807, 2.05) is 10.9 Å². The Morgan fingerprint density at radius 2 is 2.44 bits per heavy atom. The van der Waals surface area contributed by atoms with Crippen LogP contribution in [0.25, 0.3) is 0 Å². The number of aryl methyl sites for hydroxylation is 1. The second-order valence-corrected chi connectivity index (χ2v) is 4.61. The highest BCUT2D eigenvalue weighted by Gasteiger charge is 2.23. The molecule has 4 nitrogen and oxygen atoms in total. The van der Waals surface area contributed by atoms with Crippen LogP contribution in [-0.2, 0) is 13.1 Å². The molecule has 1 aromatic rings. The van der Waals surface area contributed by atoms with Gasteiger partial charge >= 0.3 is 0 Å². The number of nitrogens with two attached hydrogens (primary N) is 1. The first-order valence-corrected chi connectivity index (χ1v) is 6.29. The molecular weight excluding hydrogens is 200 g/mol. The summed E-state index contributed by atoms with van der Waals surface area (Å²) in [7, 11) is 0. The normalized spacial score (nSPS) is 21.8. The number of nitrogens with zero attached hydrogens (tertiary/aromatic N) is 3. The molecule has 90 valence electrons. The van der Waals surface area contributed by atoms with Crippen LogP contribution in [0.2, 0.25) is 0 Å². The summed E-state index contributed by atoms with van der Waals surface area (Å²) in [6.45, 7) is 6.15. The maximum Gasteiger partial charge on any atom is 0.0534 e. The predicted octanol–water partition coefficient (Wildman–Crippen LogP) is 1.22. The summed E-state index contributed by atoms with van der Waals surface area (Å²) < 4.78 is 2.03. The molecule has 0 spiro atoms. The SMILES string of the molecule is CCCn1cc(CN2CCCC2CN)cn1. The van der Waals surface area contributed by atoms with Crippen molar-refractivity contribution in [2.24, 2.45) is 5.73 Å². The summed E-state index contributed by atoms with van der Waals surface area (Å²) in [6.07, 6.45) is 7.82. The summed E-state index contributed by atoms with van der Waals surface area (Å²) in [5.41, 5.74) is 7.08. The number of rotatable bonds is 5. The topological polar surface area (TPSA) is 47.1 Å². The molecule has 4 heteroatoms. The highest BCUT2D eigenvalue weighted by Crippen LogP contribution is 2.18. The zero-order chi connectivity index (χ0) is 11.4. The van der Waals surface area contributed by atoms with Crippen LogP contribution in [0.1, 0.15) is 31.7 Å². The molecule has 2 N–H and O–H groups in total. The van der Waals surface area contributed by atoms with Gasteiger partial charge in [0.25, 0.3) is 0 Å². The molecule has 0 aliphatic carbocycles. The van der Waals surface area contributed by atoms with E-state index in [-0.39, 0.29) is 0 Å². The van der Waals surface area contributed by atoms with Crippen LogP contribution in [0, 0.1) is 0 Å². The summed E-state index contributed by atoms with van der Waals surface area (Å²) in [6, 6.07) is 0.578. The fourth-order valence-corrected chi connectivity index (χ4v) is 2.44. The van der Waals surface area contributed by atoms with Crippen LogP contribution in [0.15, 0.2) is 12.4 Å². The molecule has 1 aliphatic rings. The molecule has 2 heterocycles. The van der Waals surface area contributed by atoms with E-state index in [4.69, 9.17) is 5.73 Å². The molecule has 1 aliphatic heterocycles. The van der Waals surface area contributed by atoms with Gasteiger partial charge in [0.2, 0.25) is 0 Å². The third kappa shape index (κ3) is 2.62. The number of aromatic nitrogens is 2. The summed E-state index contributed by atoms with van der Waals surface area (Å²) in [5.74, 6) is 0. The smallest absolute Gasteiger partial charge is 0.0534 e. The minimum atomic E-state index is 0.578. The standard InChI is InChI=1S/C12H22N4/c1-2-5-16-10-11(8-14-16)9-15-6-3-4-12(15)7-13/h8,10,12H,2-7,9,13H2,1H3. The average Bonchev–Trinajstić information content (AvgIpc) is 2.89. The summed E-state index contributed by atoms with van der Waals surface area (Å²) in [4.78, 5) is 2.48. The van der Waals surface area contributed by atoms with Gasteiger partial charge in [-0.1, -0.05) is 6.92 Å². The largest absolute Gasteiger partial charge is 0.329 e. The molecule has 16 heavy (non-hydrogen) atoms. The molecule has 1 aromatic heterocycles. The van der Waals surface area contributed by atoms with Crippen molar-refractivity contribution in [1.29, 1.82) is 0 Å². The number of hydrogen-bond acceptors (Lipinski definition) is 3. The van der Waals surface area contributed by atoms with Crippen molar-refractivity contribution >= 4 is 0 Å². The fourth-order valence-electron chi connectivity index (χ4n) is 2.44. The lowest BCUT2D eigenvalue weighted by Gasteiger charge is -2.22. The van der Waals surface area contributed by atoms with Crippen molar-refractivity contribution in [2.75, 3.05) is 13.1 Å². The van der Waals surface area contributed by atoms with Gasteiger partial charge in [0.15, 0.2) is 0 Å². The molecule has 0 amide bonds. The first kappa shape index (κ1) is 11.6. The van der Waals surface area contributed by atoms with Crippen LogP contribution < -0.4 is 5.73 Å². The first-order valence-electron chi connectivity index (χ1n) is 6.29. The number of likely N-dealkylation sites (tertiary alicyclic amines) is 1. The van der Waals surface area contributed by atoms with E-state index in [2.05, 4.69) is 23.1 Å². The van der Waals surface area contributed by atoms with Crippen molar-refractivity contribution in [3.63, 3.8) is 0 Å². The van der Waals surface area contributed by atoms with E-state index < -0.39 is 0 Å². The van der Waals surface area contributed by atoms with Gasteiger partial charge in [0.05, 0.1) is 6.20 Å². The molecule has 0 radical (unpaired) electrons. The average molecular weight is 222 g/mol. The Bertz CT molecular complexity index is 321. The third-order valence-electron chi connectivity index (χ3n) is 3.30. The molecular formula is C12H22N4. The van der Waals surface area contributed by atoms with Crippen LogP contribution in [0.5, 0.6) is 0 Å². The highest BCUT2D eigenvalue weighted by atomic mass is 15.3. The van der Waals surface area contributed by atoms with E-state index in [0.717, 1.165) is 26.1 Å². The lowest BCUT2D eigenvalue weighted by atomic mass is 10.2. The quantitative estimate of drug-likeness (QED) is 0.814. The number of hydrogen-bond donors (Lipinski definition) is 1. The van der Waals surface area contributed by atoms with Crippen LogP contribution >= 0.6 is 0 Å². The van der Waals surface area contributed by atoms with Gasteiger partial charge in [0.1, 0.15) is 0 Å². The van der Waals surface area contributed by atoms with E-state index in [9.17, 15) is 0 Å². The predicted molar refractivity (Wildman–Crippen MR) is 65.0 cm³/mol. The monoisotopic (exact) mass is 222 g/mol. The Labute approximate surface area is 97.4 Å². The maximum atomic E-state index is 5.77. The van der Waals surface area contributed by atoms with E-state index >= 15 is 0 Å². The van der Waals surface area contributed by atoms with Crippen molar-refractivity contribution < 1.29 is 0 Å². The van der Waals surface area contributed by atoms with Crippen molar-refractivity contribution in [3.8, 4) is 0 Å². The second kappa shape index (κ2) is 5.46. The summed E-state index contributed by atoms with van der Waals surface area (Å²) in [5, 5.41) is 4.36. The van der Waals surface area contributed by atoms with E-state index in [1.165, 1.54) is 24.9 Å². The van der Waals surface area contributed by atoms with Gasteiger partial charge in [0, 0.05) is 37.4 Å². The van der Waals surface area contributed by atoms with Gasteiger partial charge in [-0.2, -0.15) is 5.10 Å². The Morgan fingerprint density at radius 3 is 3.19 bits per heavy atom. The first-order chi connectivity index (χ1) is 7.83. The third-order valence-corrected chi connectivity index (χ3v) is 3.30. The Hall–Kier alpha value is -0.870. The lowest BCUT2D eigenvalue weighted by molar-refractivity contribution is 0.250. The lowest BCUT2D eigenvalue weighted by Crippen LogP contribution is -2.34. The van der Waals surface area contributed by atoms with Crippen molar-refractivity contribution in [3.05, 3.63) is 18.0 Å². The second-order valence-electron chi connectivity index (χ2n) is 4.61. The van der Waals surface area contributed by atoms with Crippen LogP contribution in [0.3, 0.4) is 0 Å². The van der Waals surface area contributed by atoms with Gasteiger partial charge in [-0.05, 0) is 25.8 Å².